The molecule has 1 aliphatic heterocycles. The molecule has 146 valence electrons. The normalized spacial score (nSPS) is 16.4. The molecule has 1 atom stereocenters. The van der Waals surface area contributed by atoms with Gasteiger partial charge in [-0.05, 0) is 43.5 Å². The number of carbonyl (C=O) groups excluding carboxylic acids is 2. The van der Waals surface area contributed by atoms with Gasteiger partial charge >= 0.3 is 12.0 Å². The SMILES string of the molecule is COC(=O)C1=C(CSc2ccccc2C)NC(=O)N[C@H]1c1cc(C)ccc1C. The predicted octanol–water partition coefficient (Wildman–Crippen LogP) is 4.19. The number of amides is 2. The molecule has 1 heterocycles. The van der Waals surface area contributed by atoms with Crippen molar-refractivity contribution in [2.24, 2.45) is 0 Å². The monoisotopic (exact) mass is 396 g/mol. The van der Waals surface area contributed by atoms with Crippen LogP contribution in [0.1, 0.15) is 28.3 Å². The van der Waals surface area contributed by atoms with Crippen molar-refractivity contribution < 1.29 is 14.3 Å². The first kappa shape index (κ1) is 20.0. The molecule has 0 aromatic heterocycles. The van der Waals surface area contributed by atoms with E-state index in [9.17, 15) is 9.59 Å². The molecule has 0 saturated heterocycles. The minimum atomic E-state index is -0.548. The van der Waals surface area contributed by atoms with Gasteiger partial charge in [-0.3, -0.25) is 0 Å². The maximum absolute atomic E-state index is 12.7. The Kier molecular flexibility index (Phi) is 6.09. The van der Waals surface area contributed by atoms with Crippen LogP contribution in [0.2, 0.25) is 0 Å². The maximum atomic E-state index is 12.7. The van der Waals surface area contributed by atoms with Crippen molar-refractivity contribution in [1.29, 1.82) is 0 Å². The van der Waals surface area contributed by atoms with Crippen LogP contribution in [0.25, 0.3) is 0 Å². The molecular weight excluding hydrogens is 372 g/mol. The third-order valence-corrected chi connectivity index (χ3v) is 5.97. The zero-order valence-electron chi connectivity index (χ0n) is 16.5. The van der Waals surface area contributed by atoms with Gasteiger partial charge < -0.3 is 15.4 Å². The number of hydrogen-bond donors (Lipinski definition) is 2. The fourth-order valence-corrected chi connectivity index (χ4v) is 4.25. The number of benzene rings is 2. The Morgan fingerprint density at radius 2 is 1.86 bits per heavy atom. The van der Waals surface area contributed by atoms with Crippen molar-refractivity contribution in [3.63, 3.8) is 0 Å². The van der Waals surface area contributed by atoms with E-state index < -0.39 is 12.0 Å². The van der Waals surface area contributed by atoms with Crippen LogP contribution in [0.5, 0.6) is 0 Å². The van der Waals surface area contributed by atoms with Crippen LogP contribution in [-0.2, 0) is 9.53 Å². The van der Waals surface area contributed by atoms with E-state index in [1.54, 1.807) is 11.8 Å². The summed E-state index contributed by atoms with van der Waals surface area (Å²) in [7, 11) is 1.36. The zero-order valence-corrected chi connectivity index (χ0v) is 17.3. The summed E-state index contributed by atoms with van der Waals surface area (Å²) in [6.07, 6.45) is 0. The number of carbonyl (C=O) groups is 2. The summed E-state index contributed by atoms with van der Waals surface area (Å²) in [4.78, 5) is 26.1. The second-order valence-electron chi connectivity index (χ2n) is 6.83. The molecule has 0 fully saturated rings. The summed E-state index contributed by atoms with van der Waals surface area (Å²) in [5.41, 5.74) is 5.14. The molecule has 0 bridgehead atoms. The van der Waals surface area contributed by atoms with Crippen molar-refractivity contribution in [3.05, 3.63) is 76.0 Å². The highest BCUT2D eigenvalue weighted by Gasteiger charge is 2.34. The van der Waals surface area contributed by atoms with Gasteiger partial charge in [0.1, 0.15) is 0 Å². The third kappa shape index (κ3) is 4.22. The number of methoxy groups -OCH3 is 1. The van der Waals surface area contributed by atoms with E-state index in [2.05, 4.69) is 10.6 Å². The lowest BCUT2D eigenvalue weighted by Crippen LogP contribution is -2.46. The van der Waals surface area contributed by atoms with Crippen LogP contribution in [-0.4, -0.2) is 24.9 Å². The molecule has 2 N–H and O–H groups in total. The summed E-state index contributed by atoms with van der Waals surface area (Å²) in [6, 6.07) is 13.2. The lowest BCUT2D eigenvalue weighted by Gasteiger charge is -2.30. The molecule has 2 amide bonds. The lowest BCUT2D eigenvalue weighted by atomic mass is 9.91. The Morgan fingerprint density at radius 3 is 2.57 bits per heavy atom. The van der Waals surface area contributed by atoms with E-state index >= 15 is 0 Å². The van der Waals surface area contributed by atoms with E-state index in [4.69, 9.17) is 4.74 Å². The van der Waals surface area contributed by atoms with Crippen LogP contribution in [0.3, 0.4) is 0 Å². The van der Waals surface area contributed by atoms with Gasteiger partial charge in [0, 0.05) is 16.3 Å². The van der Waals surface area contributed by atoms with E-state index in [0.717, 1.165) is 27.1 Å². The predicted molar refractivity (Wildman–Crippen MR) is 111 cm³/mol. The van der Waals surface area contributed by atoms with E-state index in [-0.39, 0.29) is 6.03 Å². The molecule has 0 radical (unpaired) electrons. The Bertz CT molecular complexity index is 953. The maximum Gasteiger partial charge on any atom is 0.338 e. The average Bonchev–Trinajstić information content (AvgIpc) is 2.68. The van der Waals surface area contributed by atoms with Crippen molar-refractivity contribution in [3.8, 4) is 0 Å². The van der Waals surface area contributed by atoms with Crippen LogP contribution in [0, 0.1) is 20.8 Å². The summed E-state index contributed by atoms with van der Waals surface area (Å²) in [5, 5.41) is 5.70. The quantitative estimate of drug-likeness (QED) is 0.588. The molecule has 0 spiro atoms. The molecule has 5 nitrogen and oxygen atoms in total. The average molecular weight is 397 g/mol. The molecule has 0 unspecified atom stereocenters. The number of thioether (sulfide) groups is 1. The number of ether oxygens (including phenoxy) is 1. The minimum Gasteiger partial charge on any atom is -0.466 e. The van der Waals surface area contributed by atoms with Gasteiger partial charge in [-0.2, -0.15) is 0 Å². The highest BCUT2D eigenvalue weighted by atomic mass is 32.2. The van der Waals surface area contributed by atoms with E-state index in [1.807, 2.05) is 63.2 Å². The first-order valence-corrected chi connectivity index (χ1v) is 10.0. The summed E-state index contributed by atoms with van der Waals surface area (Å²) >= 11 is 1.58. The number of aryl methyl sites for hydroxylation is 3. The van der Waals surface area contributed by atoms with Gasteiger partial charge in [-0.15, -0.1) is 11.8 Å². The molecule has 2 aromatic rings. The number of esters is 1. The molecule has 0 saturated carbocycles. The van der Waals surface area contributed by atoms with Crippen LogP contribution in [0.4, 0.5) is 4.79 Å². The molecule has 3 rings (SSSR count). The van der Waals surface area contributed by atoms with Crippen LogP contribution < -0.4 is 10.6 Å². The minimum absolute atomic E-state index is 0.320. The van der Waals surface area contributed by atoms with Crippen LogP contribution >= 0.6 is 11.8 Å². The Labute approximate surface area is 169 Å². The van der Waals surface area contributed by atoms with Gasteiger partial charge in [0.15, 0.2) is 0 Å². The van der Waals surface area contributed by atoms with Gasteiger partial charge in [-0.1, -0.05) is 42.0 Å². The summed E-state index contributed by atoms with van der Waals surface area (Å²) < 4.78 is 5.06. The zero-order chi connectivity index (χ0) is 20.3. The molecule has 0 aliphatic carbocycles. The van der Waals surface area contributed by atoms with Crippen molar-refractivity contribution in [2.45, 2.75) is 31.7 Å². The lowest BCUT2D eigenvalue weighted by molar-refractivity contribution is -0.136. The Balaban J connectivity index is 2.03. The largest absolute Gasteiger partial charge is 0.466 e. The number of hydrogen-bond acceptors (Lipinski definition) is 4. The van der Waals surface area contributed by atoms with Crippen molar-refractivity contribution in [2.75, 3.05) is 12.9 Å². The van der Waals surface area contributed by atoms with Gasteiger partial charge in [0.25, 0.3) is 0 Å². The number of nitrogens with one attached hydrogen (secondary N) is 2. The molecule has 28 heavy (non-hydrogen) atoms. The fraction of sp³-hybridized carbons (Fsp3) is 0.273. The van der Waals surface area contributed by atoms with Crippen molar-refractivity contribution in [1.82, 2.24) is 10.6 Å². The molecule has 6 heteroatoms. The van der Waals surface area contributed by atoms with Crippen molar-refractivity contribution >= 4 is 23.8 Å². The Morgan fingerprint density at radius 1 is 1.11 bits per heavy atom. The standard InChI is InChI=1S/C22H24N2O3S/c1-13-9-10-14(2)16(11-13)20-19(21(25)27-4)17(23-22(26)24-20)12-28-18-8-6-5-7-15(18)3/h5-11,20H,12H2,1-4H3,(H2,23,24,26)/t20-/m0/s1. The van der Waals surface area contributed by atoms with E-state index in [0.29, 0.717) is 17.0 Å². The fourth-order valence-electron chi connectivity index (χ4n) is 3.26. The topological polar surface area (TPSA) is 67.4 Å². The number of urea groups is 1. The second kappa shape index (κ2) is 8.52. The van der Waals surface area contributed by atoms with E-state index in [1.165, 1.54) is 7.11 Å². The first-order valence-electron chi connectivity index (χ1n) is 9.05. The Hall–Kier alpha value is -2.73. The number of rotatable bonds is 5. The highest BCUT2D eigenvalue weighted by Crippen LogP contribution is 2.33. The summed E-state index contributed by atoms with van der Waals surface area (Å²) in [5.74, 6) is 0.0168. The smallest absolute Gasteiger partial charge is 0.338 e. The van der Waals surface area contributed by atoms with Crippen LogP contribution in [0.15, 0.2) is 58.6 Å². The summed E-state index contributed by atoms with van der Waals surface area (Å²) in [6.45, 7) is 6.00. The molecular formula is C22H24N2O3S. The van der Waals surface area contributed by atoms with Gasteiger partial charge in [-0.25, -0.2) is 9.59 Å². The molecule has 1 aliphatic rings. The van der Waals surface area contributed by atoms with Gasteiger partial charge in [0.05, 0.1) is 18.7 Å². The first-order chi connectivity index (χ1) is 13.4. The molecule has 2 aromatic carbocycles. The third-order valence-electron chi connectivity index (χ3n) is 4.77. The van der Waals surface area contributed by atoms with Gasteiger partial charge in [0.2, 0.25) is 0 Å². The highest BCUT2D eigenvalue weighted by molar-refractivity contribution is 7.99. The second-order valence-corrected chi connectivity index (χ2v) is 7.85.